The van der Waals surface area contributed by atoms with Crippen LogP contribution in [0.5, 0.6) is 5.75 Å². The molecule has 0 aliphatic carbocycles. The van der Waals surface area contributed by atoms with Crippen molar-refractivity contribution in [1.82, 2.24) is 9.97 Å². The molecule has 0 unspecified atom stereocenters. The molecule has 0 saturated carbocycles. The lowest BCUT2D eigenvalue weighted by atomic mass is 9.98. The molecule has 0 aliphatic rings. The van der Waals surface area contributed by atoms with Crippen molar-refractivity contribution in [3.63, 3.8) is 0 Å². The Bertz CT molecular complexity index is 1440. The van der Waals surface area contributed by atoms with Gasteiger partial charge in [-0.15, -0.1) is 13.2 Å². The molecule has 0 N–H and O–H groups in total. The monoisotopic (exact) mass is 544 g/mol. The predicted octanol–water partition coefficient (Wildman–Crippen LogP) is 8.02. The lowest BCUT2D eigenvalue weighted by Gasteiger charge is -2.12. The molecule has 0 radical (unpaired) electrons. The average molecular weight is 545 g/mol. The van der Waals surface area contributed by atoms with Gasteiger partial charge >= 0.3 is 6.36 Å². The summed E-state index contributed by atoms with van der Waals surface area (Å²) in [5.41, 5.74) is 2.50. The second-order valence-electron chi connectivity index (χ2n) is 9.15. The fourth-order valence-corrected chi connectivity index (χ4v) is 4.30. The smallest absolute Gasteiger partial charge is 0.399 e. The van der Waals surface area contributed by atoms with Gasteiger partial charge in [0.25, 0.3) is 0 Å². The quantitative estimate of drug-likeness (QED) is 0.150. The molecule has 0 atom stereocenters. The summed E-state index contributed by atoms with van der Waals surface area (Å²) in [6.07, 6.45) is 5.86. The van der Waals surface area contributed by atoms with Gasteiger partial charge in [-0.25, -0.2) is 23.1 Å². The highest BCUT2D eigenvalue weighted by Gasteiger charge is 2.34. The maximum absolute atomic E-state index is 15.2. The topological polar surface area (TPSA) is 35.0 Å². The van der Waals surface area contributed by atoms with E-state index < -0.39 is 29.6 Å². The zero-order valence-corrected chi connectivity index (χ0v) is 21.2. The van der Waals surface area contributed by atoms with Crippen LogP contribution in [0.1, 0.15) is 41.4 Å². The van der Waals surface area contributed by atoms with Crippen molar-refractivity contribution >= 4 is 10.8 Å². The normalized spacial score (nSPS) is 12.0. The molecule has 0 amide bonds. The first-order chi connectivity index (χ1) is 18.6. The van der Waals surface area contributed by atoms with Gasteiger partial charge in [-0.1, -0.05) is 42.5 Å². The van der Waals surface area contributed by atoms with Crippen molar-refractivity contribution in [2.24, 2.45) is 0 Å². The Morgan fingerprint density at radius 3 is 2.13 bits per heavy atom. The number of allylic oxidation sites excluding steroid dienone is 2. The van der Waals surface area contributed by atoms with E-state index in [0.717, 1.165) is 41.9 Å². The van der Waals surface area contributed by atoms with Crippen LogP contribution in [-0.2, 0) is 32.1 Å². The van der Waals surface area contributed by atoms with Gasteiger partial charge < -0.3 is 4.74 Å². The maximum atomic E-state index is 15.2. The molecule has 9 heteroatoms. The zero-order valence-electron chi connectivity index (χ0n) is 21.2. The number of alkyl halides is 3. The van der Waals surface area contributed by atoms with Crippen LogP contribution >= 0.6 is 0 Å². The number of aryl methyl sites for hydroxylation is 5. The number of ether oxygens (including phenoxy) is 1. The highest BCUT2D eigenvalue weighted by molar-refractivity contribution is 5.84. The van der Waals surface area contributed by atoms with Gasteiger partial charge in [0.2, 0.25) is 5.75 Å². The first-order valence-electron chi connectivity index (χ1n) is 12.5. The number of hydrogen-bond donors (Lipinski definition) is 0. The summed E-state index contributed by atoms with van der Waals surface area (Å²) >= 11 is 0. The van der Waals surface area contributed by atoms with Crippen LogP contribution in [-0.4, -0.2) is 16.3 Å². The molecule has 0 spiro atoms. The summed E-state index contributed by atoms with van der Waals surface area (Å²) < 4.78 is 83.6. The summed E-state index contributed by atoms with van der Waals surface area (Å²) in [5, 5.41) is 1.11. The number of benzene rings is 3. The third kappa shape index (κ3) is 7.59. The van der Waals surface area contributed by atoms with Crippen molar-refractivity contribution < 1.29 is 31.1 Å². The van der Waals surface area contributed by atoms with Crippen LogP contribution in [0, 0.1) is 17.5 Å². The zero-order chi connectivity index (χ0) is 28.0. The van der Waals surface area contributed by atoms with Gasteiger partial charge in [0.15, 0.2) is 11.6 Å². The van der Waals surface area contributed by atoms with Crippen LogP contribution in [0.25, 0.3) is 10.8 Å². The average Bonchev–Trinajstić information content (AvgIpc) is 2.89. The molecule has 204 valence electrons. The van der Waals surface area contributed by atoms with Crippen molar-refractivity contribution in [2.75, 3.05) is 0 Å². The van der Waals surface area contributed by atoms with Crippen molar-refractivity contribution in [2.45, 2.75) is 51.8 Å². The Labute approximate surface area is 222 Å². The van der Waals surface area contributed by atoms with Crippen LogP contribution in [0.2, 0.25) is 0 Å². The number of hydrogen-bond acceptors (Lipinski definition) is 3. The lowest BCUT2D eigenvalue weighted by Crippen LogP contribution is -2.19. The van der Waals surface area contributed by atoms with E-state index in [1.807, 2.05) is 37.5 Å². The van der Waals surface area contributed by atoms with Gasteiger partial charge in [0.1, 0.15) is 11.6 Å². The van der Waals surface area contributed by atoms with E-state index >= 15 is 4.39 Å². The third-order valence-electron chi connectivity index (χ3n) is 6.29. The van der Waals surface area contributed by atoms with E-state index in [2.05, 4.69) is 20.8 Å². The molecule has 4 aromatic rings. The van der Waals surface area contributed by atoms with Crippen LogP contribution in [0.3, 0.4) is 0 Å². The highest BCUT2D eigenvalue weighted by Crippen LogP contribution is 2.30. The second-order valence-corrected chi connectivity index (χ2v) is 9.15. The van der Waals surface area contributed by atoms with Crippen LogP contribution in [0.15, 0.2) is 67.0 Å². The van der Waals surface area contributed by atoms with Gasteiger partial charge in [0, 0.05) is 24.2 Å². The largest absolute Gasteiger partial charge is 0.573 e. The van der Waals surface area contributed by atoms with Crippen LogP contribution < -0.4 is 4.74 Å². The van der Waals surface area contributed by atoms with E-state index in [1.165, 1.54) is 0 Å². The minimum atomic E-state index is -5.22. The van der Waals surface area contributed by atoms with E-state index in [-0.39, 0.29) is 18.4 Å². The highest BCUT2D eigenvalue weighted by atomic mass is 19.4. The number of fused-ring (bicyclic) bond motifs is 1. The first-order valence-corrected chi connectivity index (χ1v) is 12.5. The fraction of sp³-hybridized carbons (Fsp3) is 0.267. The van der Waals surface area contributed by atoms with E-state index in [9.17, 15) is 22.0 Å². The number of aromatic nitrogens is 2. The minimum absolute atomic E-state index is 0.0226. The van der Waals surface area contributed by atoms with E-state index in [1.54, 1.807) is 18.2 Å². The molecule has 39 heavy (non-hydrogen) atoms. The van der Waals surface area contributed by atoms with E-state index in [4.69, 9.17) is 0 Å². The molecular weight excluding hydrogens is 518 g/mol. The molecule has 3 nitrogen and oxygen atoms in total. The molecule has 0 bridgehead atoms. The van der Waals surface area contributed by atoms with E-state index in [0.29, 0.717) is 29.2 Å². The van der Waals surface area contributed by atoms with Crippen LogP contribution in [0.4, 0.5) is 26.3 Å². The number of halogens is 6. The molecule has 0 saturated heterocycles. The molecule has 0 fully saturated rings. The SMILES string of the molecule is C/C=C/CCc1cnc(CCc2ccc3c(F)c(CCc4cc(F)c(OC(F)(F)F)c(F)c4)ccc3c2)nc1. The summed E-state index contributed by atoms with van der Waals surface area (Å²) in [6, 6.07) is 10.3. The molecule has 1 heterocycles. The summed E-state index contributed by atoms with van der Waals surface area (Å²) in [7, 11) is 0. The maximum Gasteiger partial charge on any atom is 0.573 e. The molecule has 4 rings (SSSR count). The Morgan fingerprint density at radius 1 is 0.769 bits per heavy atom. The predicted molar refractivity (Wildman–Crippen MR) is 137 cm³/mol. The Kier molecular flexibility index (Phi) is 8.89. The fourth-order valence-electron chi connectivity index (χ4n) is 4.30. The van der Waals surface area contributed by atoms with Gasteiger partial charge in [-0.05, 0) is 78.8 Å². The number of nitrogens with zero attached hydrogens (tertiary/aromatic N) is 2. The molecule has 3 aromatic carbocycles. The first kappa shape index (κ1) is 28.1. The van der Waals surface area contributed by atoms with Crippen molar-refractivity contribution in [1.29, 1.82) is 0 Å². The van der Waals surface area contributed by atoms with Crippen molar-refractivity contribution in [3.8, 4) is 5.75 Å². The second kappa shape index (κ2) is 12.3. The van der Waals surface area contributed by atoms with Gasteiger partial charge in [0.05, 0.1) is 0 Å². The van der Waals surface area contributed by atoms with Crippen molar-refractivity contribution in [3.05, 3.63) is 113 Å². The lowest BCUT2D eigenvalue weighted by molar-refractivity contribution is -0.276. The van der Waals surface area contributed by atoms with Gasteiger partial charge in [-0.3, -0.25) is 0 Å². The number of rotatable bonds is 10. The van der Waals surface area contributed by atoms with Gasteiger partial charge in [-0.2, -0.15) is 0 Å². The summed E-state index contributed by atoms with van der Waals surface area (Å²) in [4.78, 5) is 8.88. The molecular formula is C30H26F6N2O. The third-order valence-corrected chi connectivity index (χ3v) is 6.29. The summed E-state index contributed by atoms with van der Waals surface area (Å²) in [6.45, 7) is 1.98. The molecule has 0 aliphatic heterocycles. The standard InChI is InChI=1S/C30H26F6N2O/c1-2-3-4-5-21-17-37-27(38-18-21)13-8-19-7-12-24-23(14-19)11-10-22(28(24)33)9-6-20-15-25(31)29(26(32)16-20)39-30(34,35)36/h2-3,7,10-12,14-18H,4-6,8-9,13H2,1H3/b3-2+. The summed E-state index contributed by atoms with van der Waals surface area (Å²) in [5.74, 6) is -4.17. The minimum Gasteiger partial charge on any atom is -0.399 e. The Morgan fingerprint density at radius 2 is 1.46 bits per heavy atom. The Balaban J connectivity index is 1.40. The molecule has 1 aromatic heterocycles. The Hall–Kier alpha value is -3.88.